The molecule has 0 bridgehead atoms. The third-order valence-corrected chi connectivity index (χ3v) is 2.70. The highest BCUT2D eigenvalue weighted by Gasteiger charge is 2.22. The first-order valence-electron chi connectivity index (χ1n) is 5.39. The van der Waals surface area contributed by atoms with Gasteiger partial charge in [0.25, 0.3) is 0 Å². The molecule has 1 fully saturated rings. The maximum Gasteiger partial charge on any atom is 0.104 e. The molecule has 0 N–H and O–H groups in total. The van der Waals surface area contributed by atoms with Gasteiger partial charge >= 0.3 is 0 Å². The molecule has 2 nitrogen and oxygen atoms in total. The van der Waals surface area contributed by atoms with Gasteiger partial charge in [-0.25, -0.2) is 0 Å². The Morgan fingerprint density at radius 3 is 2.71 bits per heavy atom. The highest BCUT2D eigenvalue weighted by Crippen LogP contribution is 2.28. The van der Waals surface area contributed by atoms with E-state index in [0.717, 1.165) is 19.6 Å². The highest BCUT2D eigenvalue weighted by atomic mass is 16.6. The molecule has 14 heavy (non-hydrogen) atoms. The second-order valence-corrected chi connectivity index (χ2v) is 4.92. The minimum atomic E-state index is 0.358. The summed E-state index contributed by atoms with van der Waals surface area (Å²) in [5.41, 5.74) is 1.55. The lowest BCUT2D eigenvalue weighted by Crippen LogP contribution is -2.13. The fourth-order valence-corrected chi connectivity index (χ4v) is 1.35. The summed E-state index contributed by atoms with van der Waals surface area (Å²) in [5, 5.41) is 0. The van der Waals surface area contributed by atoms with Gasteiger partial charge in [-0.05, 0) is 11.8 Å². The SMILES string of the molecule is C=C(COCC1CO1)CC(C)(C)CC. The summed E-state index contributed by atoms with van der Waals surface area (Å²) in [5.74, 6) is 0. The molecular weight excluding hydrogens is 176 g/mol. The molecule has 1 unspecified atom stereocenters. The van der Waals surface area contributed by atoms with Crippen LogP contribution >= 0.6 is 0 Å². The van der Waals surface area contributed by atoms with Gasteiger partial charge < -0.3 is 9.47 Å². The molecule has 0 aliphatic carbocycles. The van der Waals surface area contributed by atoms with Crippen LogP contribution in [0.5, 0.6) is 0 Å². The normalized spacial score (nSPS) is 20.9. The molecule has 0 saturated carbocycles. The summed E-state index contributed by atoms with van der Waals surface area (Å²) in [7, 11) is 0. The van der Waals surface area contributed by atoms with Crippen LogP contribution in [0.25, 0.3) is 0 Å². The number of rotatable bonds is 7. The second-order valence-electron chi connectivity index (χ2n) is 4.92. The summed E-state index contributed by atoms with van der Waals surface area (Å²) in [6.07, 6.45) is 2.59. The zero-order valence-corrected chi connectivity index (χ0v) is 9.64. The molecular formula is C12H22O2. The zero-order valence-electron chi connectivity index (χ0n) is 9.64. The van der Waals surface area contributed by atoms with Crippen molar-refractivity contribution in [3.8, 4) is 0 Å². The van der Waals surface area contributed by atoms with Gasteiger partial charge in [-0.1, -0.05) is 39.3 Å². The Hall–Kier alpha value is -0.340. The van der Waals surface area contributed by atoms with Crippen LogP contribution in [-0.2, 0) is 9.47 Å². The van der Waals surface area contributed by atoms with E-state index in [1.165, 1.54) is 12.0 Å². The van der Waals surface area contributed by atoms with E-state index < -0.39 is 0 Å². The van der Waals surface area contributed by atoms with Crippen LogP contribution in [0.4, 0.5) is 0 Å². The van der Waals surface area contributed by atoms with Crippen LogP contribution in [-0.4, -0.2) is 25.9 Å². The third kappa shape index (κ3) is 4.77. The fourth-order valence-electron chi connectivity index (χ4n) is 1.35. The van der Waals surface area contributed by atoms with Crippen molar-refractivity contribution in [2.45, 2.75) is 39.7 Å². The van der Waals surface area contributed by atoms with Crippen molar-refractivity contribution in [2.75, 3.05) is 19.8 Å². The van der Waals surface area contributed by atoms with Gasteiger partial charge in [0, 0.05) is 0 Å². The lowest BCUT2D eigenvalue weighted by Gasteiger charge is -2.23. The van der Waals surface area contributed by atoms with Crippen LogP contribution in [0.3, 0.4) is 0 Å². The van der Waals surface area contributed by atoms with Crippen LogP contribution in [0.2, 0.25) is 0 Å². The van der Waals surface area contributed by atoms with Gasteiger partial charge in [-0.15, -0.1) is 0 Å². The summed E-state index contributed by atoms with van der Waals surface area (Å²) < 4.78 is 10.5. The van der Waals surface area contributed by atoms with E-state index in [-0.39, 0.29) is 0 Å². The zero-order chi connectivity index (χ0) is 10.6. The van der Waals surface area contributed by atoms with E-state index in [9.17, 15) is 0 Å². The average molecular weight is 198 g/mol. The van der Waals surface area contributed by atoms with E-state index in [1.807, 2.05) is 0 Å². The smallest absolute Gasteiger partial charge is 0.104 e. The Kier molecular flexibility index (Phi) is 4.14. The van der Waals surface area contributed by atoms with E-state index in [1.54, 1.807) is 0 Å². The molecule has 0 aromatic heterocycles. The first-order valence-corrected chi connectivity index (χ1v) is 5.39. The van der Waals surface area contributed by atoms with Gasteiger partial charge in [-0.3, -0.25) is 0 Å². The molecule has 1 atom stereocenters. The Bertz CT molecular complexity index is 192. The topological polar surface area (TPSA) is 21.8 Å². The average Bonchev–Trinajstić information content (AvgIpc) is 2.87. The Morgan fingerprint density at radius 2 is 2.21 bits per heavy atom. The van der Waals surface area contributed by atoms with Crippen LogP contribution in [0.15, 0.2) is 12.2 Å². The number of hydrogen-bond acceptors (Lipinski definition) is 2. The predicted molar refractivity (Wildman–Crippen MR) is 58.4 cm³/mol. The first-order chi connectivity index (χ1) is 6.53. The molecule has 1 aliphatic heterocycles. The van der Waals surface area contributed by atoms with E-state index in [2.05, 4.69) is 27.4 Å². The van der Waals surface area contributed by atoms with Gasteiger partial charge in [0.15, 0.2) is 0 Å². The minimum Gasteiger partial charge on any atom is -0.374 e. The highest BCUT2D eigenvalue weighted by molar-refractivity contribution is 4.98. The molecule has 0 aromatic rings. The van der Waals surface area contributed by atoms with Gasteiger partial charge in [0.2, 0.25) is 0 Å². The van der Waals surface area contributed by atoms with Gasteiger partial charge in [-0.2, -0.15) is 0 Å². The molecule has 82 valence electrons. The molecule has 1 aliphatic rings. The lowest BCUT2D eigenvalue weighted by atomic mass is 9.84. The monoisotopic (exact) mass is 198 g/mol. The number of ether oxygens (including phenoxy) is 2. The Labute approximate surface area is 87.3 Å². The third-order valence-electron chi connectivity index (χ3n) is 2.70. The largest absolute Gasteiger partial charge is 0.374 e. The van der Waals surface area contributed by atoms with Crippen molar-refractivity contribution in [3.63, 3.8) is 0 Å². The molecule has 1 heterocycles. The van der Waals surface area contributed by atoms with Gasteiger partial charge in [0.1, 0.15) is 6.10 Å². The maximum absolute atomic E-state index is 5.49. The van der Waals surface area contributed by atoms with Crippen molar-refractivity contribution >= 4 is 0 Å². The summed E-state index contributed by atoms with van der Waals surface area (Å²) in [6.45, 7) is 13.1. The van der Waals surface area contributed by atoms with Crippen LogP contribution < -0.4 is 0 Å². The summed E-state index contributed by atoms with van der Waals surface area (Å²) in [4.78, 5) is 0. The number of epoxide rings is 1. The molecule has 0 radical (unpaired) electrons. The fraction of sp³-hybridized carbons (Fsp3) is 0.833. The van der Waals surface area contributed by atoms with E-state index >= 15 is 0 Å². The standard InChI is InChI=1S/C12H22O2/c1-5-12(3,4)6-10(2)7-13-8-11-9-14-11/h11H,2,5-9H2,1,3-4H3. The molecule has 0 amide bonds. The minimum absolute atomic E-state index is 0.358. The maximum atomic E-state index is 5.49. The molecule has 1 saturated heterocycles. The van der Waals surface area contributed by atoms with Crippen molar-refractivity contribution in [1.29, 1.82) is 0 Å². The van der Waals surface area contributed by atoms with E-state index in [4.69, 9.17) is 9.47 Å². The van der Waals surface area contributed by atoms with Crippen LogP contribution in [0.1, 0.15) is 33.6 Å². The Balaban J connectivity index is 2.07. The molecule has 1 rings (SSSR count). The molecule has 0 aromatic carbocycles. The van der Waals surface area contributed by atoms with Crippen molar-refractivity contribution < 1.29 is 9.47 Å². The molecule has 2 heteroatoms. The number of hydrogen-bond donors (Lipinski definition) is 0. The van der Waals surface area contributed by atoms with Crippen molar-refractivity contribution in [1.82, 2.24) is 0 Å². The quantitative estimate of drug-likeness (QED) is 0.463. The predicted octanol–water partition coefficient (Wildman–Crippen LogP) is 2.78. The van der Waals surface area contributed by atoms with Crippen LogP contribution in [0, 0.1) is 5.41 Å². The lowest BCUT2D eigenvalue weighted by molar-refractivity contribution is 0.130. The van der Waals surface area contributed by atoms with Gasteiger partial charge in [0.05, 0.1) is 19.8 Å². The van der Waals surface area contributed by atoms with E-state index in [0.29, 0.717) is 18.1 Å². The first kappa shape index (κ1) is 11.7. The van der Waals surface area contributed by atoms with Crippen molar-refractivity contribution in [3.05, 3.63) is 12.2 Å². The Morgan fingerprint density at radius 1 is 1.57 bits per heavy atom. The second kappa shape index (κ2) is 4.94. The summed E-state index contributed by atoms with van der Waals surface area (Å²) >= 11 is 0. The summed E-state index contributed by atoms with van der Waals surface area (Å²) in [6, 6.07) is 0. The molecule has 0 spiro atoms. The van der Waals surface area contributed by atoms with Crippen molar-refractivity contribution in [2.24, 2.45) is 5.41 Å².